The summed E-state index contributed by atoms with van der Waals surface area (Å²) >= 11 is 6.02. The summed E-state index contributed by atoms with van der Waals surface area (Å²) < 4.78 is 10.7. The van der Waals surface area contributed by atoms with Crippen molar-refractivity contribution < 1.29 is 14.1 Å². The molecule has 1 aromatic heterocycles. The van der Waals surface area contributed by atoms with Crippen molar-refractivity contribution in [3.05, 3.63) is 65.0 Å². The fourth-order valence-corrected chi connectivity index (χ4v) is 3.62. The van der Waals surface area contributed by atoms with E-state index in [1.54, 1.807) is 31.4 Å². The minimum atomic E-state index is -0.0258. The molecule has 0 bridgehead atoms. The van der Waals surface area contributed by atoms with Crippen molar-refractivity contribution in [1.82, 2.24) is 15.0 Å². The van der Waals surface area contributed by atoms with E-state index >= 15 is 0 Å². The Bertz CT molecular complexity index is 971. The molecule has 4 rings (SSSR count). The molecule has 3 aromatic rings. The summed E-state index contributed by atoms with van der Waals surface area (Å²) in [4.78, 5) is 19.2. The van der Waals surface area contributed by atoms with Gasteiger partial charge in [0.25, 0.3) is 5.91 Å². The van der Waals surface area contributed by atoms with Gasteiger partial charge in [-0.3, -0.25) is 4.79 Å². The van der Waals surface area contributed by atoms with Crippen molar-refractivity contribution >= 4 is 17.5 Å². The van der Waals surface area contributed by atoms with Gasteiger partial charge in [0.05, 0.1) is 13.0 Å². The second-order valence-corrected chi connectivity index (χ2v) is 7.22. The van der Waals surface area contributed by atoms with Gasteiger partial charge in [-0.25, -0.2) is 0 Å². The molecule has 0 radical (unpaired) electrons. The highest BCUT2D eigenvalue weighted by Crippen LogP contribution is 2.29. The quantitative estimate of drug-likeness (QED) is 0.651. The van der Waals surface area contributed by atoms with Crippen molar-refractivity contribution in [3.8, 4) is 17.1 Å². The van der Waals surface area contributed by atoms with E-state index in [1.165, 1.54) is 0 Å². The molecule has 1 aliphatic heterocycles. The minimum absolute atomic E-state index is 0.0244. The molecule has 144 valence electrons. The van der Waals surface area contributed by atoms with Gasteiger partial charge < -0.3 is 14.2 Å². The number of hydrogen-bond acceptors (Lipinski definition) is 5. The number of halogens is 1. The van der Waals surface area contributed by atoms with Crippen LogP contribution in [0.1, 0.15) is 35.0 Å². The Morgan fingerprint density at radius 1 is 1.25 bits per heavy atom. The monoisotopic (exact) mass is 397 g/mol. The number of rotatable bonds is 4. The third-order valence-electron chi connectivity index (χ3n) is 4.92. The molecule has 1 aliphatic rings. The number of amides is 1. The number of hydrogen-bond donors (Lipinski definition) is 0. The Hall–Kier alpha value is -2.86. The van der Waals surface area contributed by atoms with Crippen LogP contribution in [0, 0.1) is 0 Å². The van der Waals surface area contributed by atoms with Crippen LogP contribution in [0.25, 0.3) is 11.4 Å². The maximum Gasteiger partial charge on any atom is 0.253 e. The van der Waals surface area contributed by atoms with Crippen molar-refractivity contribution in [2.24, 2.45) is 0 Å². The van der Waals surface area contributed by atoms with E-state index in [0.29, 0.717) is 35.4 Å². The van der Waals surface area contributed by atoms with E-state index in [2.05, 4.69) is 10.1 Å². The number of benzene rings is 2. The Morgan fingerprint density at radius 2 is 2.07 bits per heavy atom. The van der Waals surface area contributed by atoms with E-state index in [-0.39, 0.29) is 11.8 Å². The van der Waals surface area contributed by atoms with E-state index < -0.39 is 0 Å². The lowest BCUT2D eigenvalue weighted by Gasteiger charge is -2.31. The molecule has 1 atom stereocenters. The summed E-state index contributed by atoms with van der Waals surface area (Å²) in [6, 6.07) is 14.5. The van der Waals surface area contributed by atoms with Gasteiger partial charge in [0.15, 0.2) is 0 Å². The topological polar surface area (TPSA) is 68.5 Å². The molecule has 2 heterocycles. The number of ether oxygens (including phenoxy) is 1. The summed E-state index contributed by atoms with van der Waals surface area (Å²) in [5, 5.41) is 4.66. The van der Waals surface area contributed by atoms with Gasteiger partial charge in [0, 0.05) is 29.2 Å². The van der Waals surface area contributed by atoms with Crippen LogP contribution >= 0.6 is 11.6 Å². The van der Waals surface area contributed by atoms with E-state index in [9.17, 15) is 4.79 Å². The van der Waals surface area contributed by atoms with Crippen molar-refractivity contribution in [3.63, 3.8) is 0 Å². The largest absolute Gasteiger partial charge is 0.497 e. The molecule has 0 saturated carbocycles. The molecule has 1 fully saturated rings. The molecular weight excluding hydrogens is 378 g/mol. The summed E-state index contributed by atoms with van der Waals surface area (Å²) in [7, 11) is 1.63. The van der Waals surface area contributed by atoms with Crippen LogP contribution in [0.4, 0.5) is 0 Å². The zero-order valence-electron chi connectivity index (χ0n) is 15.5. The van der Waals surface area contributed by atoms with Crippen molar-refractivity contribution in [2.45, 2.75) is 18.8 Å². The number of piperidine rings is 1. The maximum atomic E-state index is 12.8. The number of aromatic nitrogens is 2. The molecule has 1 saturated heterocycles. The maximum absolute atomic E-state index is 12.8. The van der Waals surface area contributed by atoms with Crippen molar-refractivity contribution in [2.75, 3.05) is 20.2 Å². The molecule has 1 amide bonds. The first-order chi connectivity index (χ1) is 13.6. The van der Waals surface area contributed by atoms with Gasteiger partial charge >= 0.3 is 0 Å². The highest BCUT2D eigenvalue weighted by molar-refractivity contribution is 6.30. The first-order valence-corrected chi connectivity index (χ1v) is 9.54. The predicted molar refractivity (Wildman–Crippen MR) is 106 cm³/mol. The normalized spacial score (nSPS) is 16.8. The Morgan fingerprint density at radius 3 is 2.82 bits per heavy atom. The molecule has 0 N–H and O–H groups in total. The molecule has 0 aliphatic carbocycles. The zero-order valence-corrected chi connectivity index (χ0v) is 16.2. The third-order valence-corrected chi connectivity index (χ3v) is 5.15. The summed E-state index contributed by atoms with van der Waals surface area (Å²) in [5.41, 5.74) is 1.45. The van der Waals surface area contributed by atoms with Crippen LogP contribution in [0.5, 0.6) is 5.75 Å². The highest BCUT2D eigenvalue weighted by Gasteiger charge is 2.29. The zero-order chi connectivity index (χ0) is 19.5. The van der Waals surface area contributed by atoms with Crippen LogP contribution in [0.15, 0.2) is 53.1 Å². The molecule has 28 heavy (non-hydrogen) atoms. The number of likely N-dealkylation sites (tertiary alicyclic amines) is 1. The molecule has 0 spiro atoms. The molecule has 7 heteroatoms. The number of nitrogens with zero attached hydrogens (tertiary/aromatic N) is 3. The lowest BCUT2D eigenvalue weighted by molar-refractivity contribution is 0.0695. The lowest BCUT2D eigenvalue weighted by Crippen LogP contribution is -2.39. The van der Waals surface area contributed by atoms with Crippen LogP contribution < -0.4 is 4.74 Å². The minimum Gasteiger partial charge on any atom is -0.497 e. The second kappa shape index (κ2) is 8.02. The fourth-order valence-electron chi connectivity index (χ4n) is 3.43. The standard InChI is InChI=1S/C21H20ClN3O3/c1-27-18-9-7-14(8-10-18)19-23-20(28-24-19)16-5-3-11-25(13-16)21(26)15-4-2-6-17(22)12-15/h2,4,6-10,12,16H,3,5,11,13H2,1H3/t16-/m0/s1. The lowest BCUT2D eigenvalue weighted by atomic mass is 9.97. The Balaban J connectivity index is 1.49. The summed E-state index contributed by atoms with van der Waals surface area (Å²) in [6.07, 6.45) is 1.79. The molecule has 2 aromatic carbocycles. The summed E-state index contributed by atoms with van der Waals surface area (Å²) in [6.45, 7) is 1.26. The van der Waals surface area contributed by atoms with Crippen LogP contribution in [0.2, 0.25) is 5.02 Å². The van der Waals surface area contributed by atoms with Gasteiger partial charge in [-0.1, -0.05) is 22.8 Å². The van der Waals surface area contributed by atoms with Crippen LogP contribution in [0.3, 0.4) is 0 Å². The van der Waals surface area contributed by atoms with E-state index in [0.717, 1.165) is 24.2 Å². The third kappa shape index (κ3) is 3.87. The van der Waals surface area contributed by atoms with Gasteiger partial charge in [0.1, 0.15) is 5.75 Å². The Kier molecular flexibility index (Phi) is 5.30. The number of methoxy groups -OCH3 is 1. The predicted octanol–water partition coefficient (Wildman–Crippen LogP) is 4.42. The fraction of sp³-hybridized carbons (Fsp3) is 0.286. The molecule has 6 nitrogen and oxygen atoms in total. The summed E-state index contributed by atoms with van der Waals surface area (Å²) in [5.74, 6) is 1.87. The van der Waals surface area contributed by atoms with E-state index in [1.807, 2.05) is 29.2 Å². The number of carbonyl (C=O) groups excluding carboxylic acids is 1. The highest BCUT2D eigenvalue weighted by atomic mass is 35.5. The number of carbonyl (C=O) groups is 1. The van der Waals surface area contributed by atoms with Gasteiger partial charge in [-0.05, 0) is 55.3 Å². The molecular formula is C21H20ClN3O3. The van der Waals surface area contributed by atoms with Gasteiger partial charge in [0.2, 0.25) is 11.7 Å². The van der Waals surface area contributed by atoms with Gasteiger partial charge in [-0.15, -0.1) is 0 Å². The smallest absolute Gasteiger partial charge is 0.253 e. The van der Waals surface area contributed by atoms with Crippen LogP contribution in [-0.4, -0.2) is 41.1 Å². The van der Waals surface area contributed by atoms with Gasteiger partial charge in [-0.2, -0.15) is 4.98 Å². The second-order valence-electron chi connectivity index (χ2n) is 6.79. The van der Waals surface area contributed by atoms with Crippen LogP contribution in [-0.2, 0) is 0 Å². The Labute approximate surface area is 168 Å². The molecule has 0 unspecified atom stereocenters. The average molecular weight is 398 g/mol. The average Bonchev–Trinajstić information content (AvgIpc) is 3.24. The first-order valence-electron chi connectivity index (χ1n) is 9.17. The first kappa shape index (κ1) is 18.5. The SMILES string of the molecule is COc1ccc(-c2noc([C@H]3CCCN(C(=O)c4cccc(Cl)c4)C3)n2)cc1. The van der Waals surface area contributed by atoms with E-state index in [4.69, 9.17) is 20.9 Å². The van der Waals surface area contributed by atoms with Crippen molar-refractivity contribution in [1.29, 1.82) is 0 Å².